The van der Waals surface area contributed by atoms with Gasteiger partial charge in [0, 0.05) is 12.1 Å². The van der Waals surface area contributed by atoms with Crippen LogP contribution in [0, 0.1) is 0 Å². The molecule has 1 saturated carbocycles. The number of fused-ring (bicyclic) bond motifs is 1. The summed E-state index contributed by atoms with van der Waals surface area (Å²) in [6.45, 7) is -0.364. The molecule has 25 heavy (non-hydrogen) atoms. The van der Waals surface area contributed by atoms with Crippen LogP contribution in [-0.4, -0.2) is 32.1 Å². The zero-order chi connectivity index (χ0) is 17.9. The molecule has 136 valence electrons. The summed E-state index contributed by atoms with van der Waals surface area (Å²) in [6, 6.07) is 5.13. The number of hydrogen-bond acceptors (Lipinski definition) is 5. The van der Waals surface area contributed by atoms with E-state index in [2.05, 4.69) is 10.0 Å². The Bertz CT molecular complexity index is 769. The predicted octanol–water partition coefficient (Wildman–Crippen LogP) is 1.73. The first-order valence-electron chi connectivity index (χ1n) is 8.54. The van der Waals surface area contributed by atoms with E-state index < -0.39 is 21.2 Å². The van der Waals surface area contributed by atoms with Gasteiger partial charge in [-0.05, 0) is 43.0 Å². The van der Waals surface area contributed by atoms with Crippen molar-refractivity contribution in [2.45, 2.75) is 50.2 Å². The van der Waals surface area contributed by atoms with E-state index >= 15 is 0 Å². The molecule has 1 heterocycles. The van der Waals surface area contributed by atoms with Crippen molar-refractivity contribution >= 4 is 27.5 Å². The standard InChI is InChI=1S/C17H22N2O5S/c20-16-9-6-12-10-13(7-8-15(12)18-16)24-11-17(21)19-25(22,23)14-4-2-1-3-5-14/h7-8,10,14H,1-6,9,11H2,(H,18,20)(H,19,21). The summed E-state index contributed by atoms with van der Waals surface area (Å²) in [7, 11) is -3.63. The molecule has 1 aliphatic carbocycles. The fourth-order valence-corrected chi connectivity index (χ4v) is 4.74. The van der Waals surface area contributed by atoms with E-state index in [1.807, 2.05) is 0 Å². The summed E-state index contributed by atoms with van der Waals surface area (Å²) < 4.78 is 31.9. The van der Waals surface area contributed by atoms with E-state index in [-0.39, 0.29) is 12.5 Å². The summed E-state index contributed by atoms with van der Waals surface area (Å²) in [4.78, 5) is 23.3. The Hall–Kier alpha value is -2.09. The molecule has 0 atom stereocenters. The second kappa shape index (κ2) is 7.43. The van der Waals surface area contributed by atoms with E-state index in [0.29, 0.717) is 31.4 Å². The highest BCUT2D eigenvalue weighted by molar-refractivity contribution is 7.90. The molecule has 0 unspecified atom stereocenters. The first-order valence-corrected chi connectivity index (χ1v) is 10.1. The van der Waals surface area contributed by atoms with Gasteiger partial charge in [0.05, 0.1) is 5.25 Å². The Balaban J connectivity index is 1.54. The average molecular weight is 366 g/mol. The Morgan fingerprint density at radius 3 is 2.72 bits per heavy atom. The summed E-state index contributed by atoms with van der Waals surface area (Å²) in [5, 5.41) is 2.28. The molecule has 2 amide bonds. The molecule has 0 bridgehead atoms. The molecule has 1 fully saturated rings. The van der Waals surface area contributed by atoms with Gasteiger partial charge in [-0.1, -0.05) is 19.3 Å². The Labute approximate surface area is 147 Å². The zero-order valence-electron chi connectivity index (χ0n) is 13.9. The van der Waals surface area contributed by atoms with Gasteiger partial charge in [0.25, 0.3) is 5.91 Å². The fourth-order valence-electron chi connectivity index (χ4n) is 3.25. The Morgan fingerprint density at radius 2 is 1.96 bits per heavy atom. The van der Waals surface area contributed by atoms with Crippen LogP contribution < -0.4 is 14.8 Å². The molecule has 0 spiro atoms. The topological polar surface area (TPSA) is 102 Å². The third-order valence-electron chi connectivity index (χ3n) is 4.59. The monoisotopic (exact) mass is 366 g/mol. The summed E-state index contributed by atoms with van der Waals surface area (Å²) in [5.74, 6) is -0.217. The SMILES string of the molecule is O=C1CCc2cc(OCC(=O)NS(=O)(=O)C3CCCCC3)ccc2N1. The summed E-state index contributed by atoms with van der Waals surface area (Å²) >= 11 is 0. The number of carbonyl (C=O) groups excluding carboxylic acids is 2. The van der Waals surface area contributed by atoms with Crippen LogP contribution in [0.1, 0.15) is 44.1 Å². The van der Waals surface area contributed by atoms with Crippen LogP contribution in [0.5, 0.6) is 5.75 Å². The number of hydrogen-bond donors (Lipinski definition) is 2. The van der Waals surface area contributed by atoms with Gasteiger partial charge in [-0.25, -0.2) is 13.1 Å². The van der Waals surface area contributed by atoms with Gasteiger partial charge < -0.3 is 10.1 Å². The third-order valence-corrected chi connectivity index (χ3v) is 6.45. The van der Waals surface area contributed by atoms with Crippen LogP contribution in [0.4, 0.5) is 5.69 Å². The fraction of sp³-hybridized carbons (Fsp3) is 0.529. The number of amides is 2. The van der Waals surface area contributed by atoms with Crippen molar-refractivity contribution in [3.63, 3.8) is 0 Å². The molecule has 1 aromatic rings. The second-order valence-electron chi connectivity index (χ2n) is 6.49. The van der Waals surface area contributed by atoms with Crippen molar-refractivity contribution in [2.75, 3.05) is 11.9 Å². The number of anilines is 1. The molecule has 2 aliphatic rings. The lowest BCUT2D eigenvalue weighted by molar-refractivity contribution is -0.121. The van der Waals surface area contributed by atoms with Crippen molar-refractivity contribution in [1.82, 2.24) is 4.72 Å². The Morgan fingerprint density at radius 1 is 1.20 bits per heavy atom. The third kappa shape index (κ3) is 4.50. The van der Waals surface area contributed by atoms with E-state index in [9.17, 15) is 18.0 Å². The van der Waals surface area contributed by atoms with Crippen LogP contribution in [0.15, 0.2) is 18.2 Å². The van der Waals surface area contributed by atoms with Gasteiger partial charge in [0.1, 0.15) is 5.75 Å². The van der Waals surface area contributed by atoms with E-state index in [1.165, 1.54) is 0 Å². The molecule has 8 heteroatoms. The highest BCUT2D eigenvalue weighted by atomic mass is 32.2. The van der Waals surface area contributed by atoms with Crippen LogP contribution in [0.3, 0.4) is 0 Å². The lowest BCUT2D eigenvalue weighted by Gasteiger charge is -2.22. The van der Waals surface area contributed by atoms with Crippen LogP contribution in [-0.2, 0) is 26.0 Å². The number of nitrogens with one attached hydrogen (secondary N) is 2. The van der Waals surface area contributed by atoms with Crippen molar-refractivity contribution < 1.29 is 22.7 Å². The largest absolute Gasteiger partial charge is 0.484 e. The van der Waals surface area contributed by atoms with Gasteiger partial charge in [-0.15, -0.1) is 0 Å². The normalized spacial score (nSPS) is 18.2. The molecule has 1 aliphatic heterocycles. The minimum atomic E-state index is -3.63. The predicted molar refractivity (Wildman–Crippen MR) is 92.8 cm³/mol. The van der Waals surface area contributed by atoms with Crippen molar-refractivity contribution in [3.8, 4) is 5.75 Å². The van der Waals surface area contributed by atoms with E-state index in [4.69, 9.17) is 4.74 Å². The molecule has 0 radical (unpaired) electrons. The molecule has 0 aromatic heterocycles. The number of sulfonamides is 1. The van der Waals surface area contributed by atoms with Gasteiger partial charge in [0.15, 0.2) is 6.61 Å². The van der Waals surface area contributed by atoms with Crippen LogP contribution in [0.25, 0.3) is 0 Å². The van der Waals surface area contributed by atoms with Gasteiger partial charge in [-0.3, -0.25) is 9.59 Å². The van der Waals surface area contributed by atoms with Crippen molar-refractivity contribution in [2.24, 2.45) is 0 Å². The van der Waals surface area contributed by atoms with E-state index in [0.717, 1.165) is 30.5 Å². The molecule has 0 saturated heterocycles. The van der Waals surface area contributed by atoms with Gasteiger partial charge in [-0.2, -0.15) is 0 Å². The number of ether oxygens (including phenoxy) is 1. The average Bonchev–Trinajstić information content (AvgIpc) is 2.60. The lowest BCUT2D eigenvalue weighted by atomic mass is 10.0. The molecular formula is C17H22N2O5S. The minimum Gasteiger partial charge on any atom is -0.484 e. The highest BCUT2D eigenvalue weighted by Gasteiger charge is 2.28. The molecule has 3 rings (SSSR count). The number of aryl methyl sites for hydroxylation is 1. The minimum absolute atomic E-state index is 0.0199. The molecule has 7 nitrogen and oxygen atoms in total. The first-order chi connectivity index (χ1) is 11.9. The number of rotatable bonds is 5. The zero-order valence-corrected chi connectivity index (χ0v) is 14.7. The van der Waals surface area contributed by atoms with Crippen molar-refractivity contribution in [1.29, 1.82) is 0 Å². The van der Waals surface area contributed by atoms with Gasteiger partial charge >= 0.3 is 0 Å². The van der Waals surface area contributed by atoms with Crippen molar-refractivity contribution in [3.05, 3.63) is 23.8 Å². The quantitative estimate of drug-likeness (QED) is 0.826. The number of benzene rings is 1. The number of carbonyl (C=O) groups is 2. The molecule has 2 N–H and O–H groups in total. The highest BCUT2D eigenvalue weighted by Crippen LogP contribution is 2.27. The molecular weight excluding hydrogens is 344 g/mol. The maximum Gasteiger partial charge on any atom is 0.271 e. The first kappa shape index (κ1) is 17.7. The summed E-state index contributed by atoms with van der Waals surface area (Å²) in [5.41, 5.74) is 1.68. The lowest BCUT2D eigenvalue weighted by Crippen LogP contribution is -2.41. The maximum absolute atomic E-state index is 12.2. The van der Waals surface area contributed by atoms with Gasteiger partial charge in [0.2, 0.25) is 15.9 Å². The maximum atomic E-state index is 12.2. The van der Waals surface area contributed by atoms with Crippen LogP contribution in [0.2, 0.25) is 0 Å². The summed E-state index contributed by atoms with van der Waals surface area (Å²) in [6.07, 6.45) is 5.02. The second-order valence-corrected chi connectivity index (χ2v) is 8.45. The Kier molecular flexibility index (Phi) is 5.27. The van der Waals surface area contributed by atoms with E-state index in [1.54, 1.807) is 18.2 Å². The van der Waals surface area contributed by atoms with Crippen LogP contribution >= 0.6 is 0 Å². The molecule has 1 aromatic carbocycles. The smallest absolute Gasteiger partial charge is 0.271 e.